The maximum atomic E-state index is 12.3. The van der Waals surface area contributed by atoms with Crippen LogP contribution in [0.1, 0.15) is 11.1 Å². The first-order valence-electron chi connectivity index (χ1n) is 3.50. The van der Waals surface area contributed by atoms with Gasteiger partial charge < -0.3 is 4.74 Å². The maximum Gasteiger partial charge on any atom is 0.115 e. The molecule has 0 fully saturated rings. The first-order valence-corrected chi connectivity index (χ1v) is 3.50. The number of ether oxygens (including phenoxy) is 1. The van der Waals surface area contributed by atoms with Gasteiger partial charge in [-0.3, -0.25) is 0 Å². The van der Waals surface area contributed by atoms with Crippen LogP contribution in [0.3, 0.4) is 0 Å². The molecule has 1 nitrogen and oxygen atoms in total. The van der Waals surface area contributed by atoms with Crippen LogP contribution in [0.15, 0.2) is 24.3 Å². The highest BCUT2D eigenvalue weighted by atomic mass is 19.1. The standard InChI is InChI=1S/C9H11FO/c1-11-7-9-5-3-2-4-8(9)6-10/h2-5H,6-7H2,1H3. The van der Waals surface area contributed by atoms with Crippen LogP contribution >= 0.6 is 0 Å². The SMILES string of the molecule is COCc1ccccc1CF. The molecule has 1 rings (SSSR count). The van der Waals surface area contributed by atoms with E-state index < -0.39 is 6.67 Å². The summed E-state index contributed by atoms with van der Waals surface area (Å²) in [7, 11) is 1.61. The summed E-state index contributed by atoms with van der Waals surface area (Å²) in [6.07, 6.45) is 0. The Balaban J connectivity index is 2.83. The number of halogens is 1. The molecule has 0 saturated carbocycles. The van der Waals surface area contributed by atoms with Gasteiger partial charge in [-0.05, 0) is 11.1 Å². The minimum atomic E-state index is -0.417. The van der Waals surface area contributed by atoms with Crippen LogP contribution in [0, 0.1) is 0 Å². The second-order valence-electron chi connectivity index (χ2n) is 2.34. The maximum absolute atomic E-state index is 12.3. The normalized spacial score (nSPS) is 10.0. The number of alkyl halides is 1. The van der Waals surface area contributed by atoms with Crippen molar-refractivity contribution in [3.8, 4) is 0 Å². The molecule has 0 atom stereocenters. The zero-order chi connectivity index (χ0) is 8.10. The number of rotatable bonds is 3. The van der Waals surface area contributed by atoms with E-state index in [9.17, 15) is 4.39 Å². The van der Waals surface area contributed by atoms with Crippen LogP contribution in [0.4, 0.5) is 4.39 Å². The molecular weight excluding hydrogens is 143 g/mol. The minimum Gasteiger partial charge on any atom is -0.380 e. The van der Waals surface area contributed by atoms with Crippen LogP contribution in [0.25, 0.3) is 0 Å². The zero-order valence-electron chi connectivity index (χ0n) is 6.51. The second-order valence-corrected chi connectivity index (χ2v) is 2.34. The summed E-state index contributed by atoms with van der Waals surface area (Å²) in [5, 5.41) is 0. The molecular formula is C9H11FO. The van der Waals surface area contributed by atoms with Crippen molar-refractivity contribution in [2.75, 3.05) is 7.11 Å². The lowest BCUT2D eigenvalue weighted by atomic mass is 10.1. The van der Waals surface area contributed by atoms with Crippen molar-refractivity contribution in [3.63, 3.8) is 0 Å². The smallest absolute Gasteiger partial charge is 0.115 e. The lowest BCUT2D eigenvalue weighted by Gasteiger charge is -2.03. The molecule has 0 aliphatic heterocycles. The Hall–Kier alpha value is -0.890. The molecule has 0 N–H and O–H groups in total. The van der Waals surface area contributed by atoms with Crippen LogP contribution in [0.2, 0.25) is 0 Å². The Bertz CT molecular complexity index is 223. The fourth-order valence-corrected chi connectivity index (χ4v) is 0.984. The quantitative estimate of drug-likeness (QED) is 0.649. The van der Waals surface area contributed by atoms with E-state index in [2.05, 4.69) is 0 Å². The van der Waals surface area contributed by atoms with E-state index in [1.807, 2.05) is 18.2 Å². The first-order chi connectivity index (χ1) is 5.38. The Morgan fingerprint density at radius 2 is 1.91 bits per heavy atom. The third-order valence-electron chi connectivity index (χ3n) is 1.56. The molecule has 1 aromatic carbocycles. The molecule has 0 unspecified atom stereocenters. The van der Waals surface area contributed by atoms with E-state index in [-0.39, 0.29) is 0 Å². The third kappa shape index (κ3) is 2.02. The van der Waals surface area contributed by atoms with Gasteiger partial charge in [-0.1, -0.05) is 24.3 Å². The summed E-state index contributed by atoms with van der Waals surface area (Å²) in [4.78, 5) is 0. The van der Waals surface area contributed by atoms with Crippen LogP contribution < -0.4 is 0 Å². The highest BCUT2D eigenvalue weighted by Crippen LogP contribution is 2.10. The van der Waals surface area contributed by atoms with Gasteiger partial charge in [-0.25, -0.2) is 4.39 Å². The molecule has 0 aliphatic rings. The molecule has 0 amide bonds. The monoisotopic (exact) mass is 154 g/mol. The summed E-state index contributed by atoms with van der Waals surface area (Å²) < 4.78 is 17.2. The third-order valence-corrected chi connectivity index (χ3v) is 1.56. The van der Waals surface area contributed by atoms with E-state index in [1.165, 1.54) is 0 Å². The van der Waals surface area contributed by atoms with Crippen molar-refractivity contribution in [2.24, 2.45) is 0 Å². The molecule has 0 saturated heterocycles. The van der Waals surface area contributed by atoms with Crippen molar-refractivity contribution >= 4 is 0 Å². The molecule has 2 heteroatoms. The van der Waals surface area contributed by atoms with Crippen molar-refractivity contribution in [2.45, 2.75) is 13.3 Å². The van der Waals surface area contributed by atoms with Crippen LogP contribution in [-0.2, 0) is 18.0 Å². The van der Waals surface area contributed by atoms with Gasteiger partial charge in [0.1, 0.15) is 6.67 Å². The van der Waals surface area contributed by atoms with Gasteiger partial charge >= 0.3 is 0 Å². The predicted octanol–water partition coefficient (Wildman–Crippen LogP) is 2.30. The minimum absolute atomic E-state index is 0.417. The molecule has 0 bridgehead atoms. The average Bonchev–Trinajstić information content (AvgIpc) is 2.06. The van der Waals surface area contributed by atoms with Crippen molar-refractivity contribution in [1.29, 1.82) is 0 Å². The lowest BCUT2D eigenvalue weighted by molar-refractivity contribution is 0.183. The Morgan fingerprint density at radius 3 is 2.45 bits per heavy atom. The van der Waals surface area contributed by atoms with E-state index in [4.69, 9.17) is 4.74 Å². The summed E-state index contributed by atoms with van der Waals surface area (Å²) in [6.45, 7) is 0.0691. The summed E-state index contributed by atoms with van der Waals surface area (Å²) in [5.41, 5.74) is 1.65. The summed E-state index contributed by atoms with van der Waals surface area (Å²) >= 11 is 0. The summed E-state index contributed by atoms with van der Waals surface area (Å²) in [5.74, 6) is 0. The van der Waals surface area contributed by atoms with Gasteiger partial charge in [0.05, 0.1) is 6.61 Å². The Kier molecular flexibility index (Phi) is 3.05. The highest BCUT2D eigenvalue weighted by Gasteiger charge is 1.98. The highest BCUT2D eigenvalue weighted by molar-refractivity contribution is 5.25. The van der Waals surface area contributed by atoms with E-state index >= 15 is 0 Å². The lowest BCUT2D eigenvalue weighted by Crippen LogP contribution is -1.92. The van der Waals surface area contributed by atoms with Gasteiger partial charge in [0.25, 0.3) is 0 Å². The van der Waals surface area contributed by atoms with Gasteiger partial charge in [0, 0.05) is 7.11 Å². The van der Waals surface area contributed by atoms with Crippen molar-refractivity contribution in [1.82, 2.24) is 0 Å². The topological polar surface area (TPSA) is 9.23 Å². The fourth-order valence-electron chi connectivity index (χ4n) is 0.984. The molecule has 0 heterocycles. The Labute approximate surface area is 65.8 Å². The van der Waals surface area contributed by atoms with Crippen molar-refractivity contribution in [3.05, 3.63) is 35.4 Å². The van der Waals surface area contributed by atoms with E-state index in [0.29, 0.717) is 12.2 Å². The van der Waals surface area contributed by atoms with Crippen LogP contribution in [0.5, 0.6) is 0 Å². The van der Waals surface area contributed by atoms with Crippen LogP contribution in [-0.4, -0.2) is 7.11 Å². The van der Waals surface area contributed by atoms with Gasteiger partial charge in [0.2, 0.25) is 0 Å². The van der Waals surface area contributed by atoms with E-state index in [1.54, 1.807) is 13.2 Å². The molecule has 0 radical (unpaired) electrons. The number of methoxy groups -OCH3 is 1. The largest absolute Gasteiger partial charge is 0.380 e. The Morgan fingerprint density at radius 1 is 1.27 bits per heavy atom. The number of benzene rings is 1. The molecule has 0 aliphatic carbocycles. The predicted molar refractivity (Wildman–Crippen MR) is 42.0 cm³/mol. The average molecular weight is 154 g/mol. The second kappa shape index (κ2) is 4.09. The molecule has 1 aromatic rings. The fraction of sp³-hybridized carbons (Fsp3) is 0.333. The number of hydrogen-bond donors (Lipinski definition) is 0. The zero-order valence-corrected chi connectivity index (χ0v) is 6.51. The van der Waals surface area contributed by atoms with Crippen molar-refractivity contribution < 1.29 is 9.13 Å². The number of hydrogen-bond acceptors (Lipinski definition) is 1. The molecule has 60 valence electrons. The van der Waals surface area contributed by atoms with E-state index in [0.717, 1.165) is 5.56 Å². The summed E-state index contributed by atoms with van der Waals surface area (Å²) in [6, 6.07) is 7.36. The van der Waals surface area contributed by atoms with Gasteiger partial charge in [0.15, 0.2) is 0 Å². The first kappa shape index (κ1) is 8.21. The molecule has 11 heavy (non-hydrogen) atoms. The molecule has 0 aromatic heterocycles. The molecule has 0 spiro atoms. The van der Waals surface area contributed by atoms with Gasteiger partial charge in [-0.15, -0.1) is 0 Å². The van der Waals surface area contributed by atoms with Gasteiger partial charge in [-0.2, -0.15) is 0 Å².